The lowest BCUT2D eigenvalue weighted by Crippen LogP contribution is -2.02. The Morgan fingerprint density at radius 3 is 2.61 bits per heavy atom. The molecule has 0 spiro atoms. The van der Waals surface area contributed by atoms with Crippen LogP contribution in [-0.2, 0) is 0 Å². The van der Waals surface area contributed by atoms with Crippen LogP contribution in [0.25, 0.3) is 6.08 Å². The molecule has 0 heterocycles. The summed E-state index contributed by atoms with van der Waals surface area (Å²) < 4.78 is 11.0. The van der Waals surface area contributed by atoms with Crippen LogP contribution in [0.5, 0.6) is 11.5 Å². The average molecular weight is 249 g/mol. The molecule has 1 aromatic carbocycles. The van der Waals surface area contributed by atoms with E-state index < -0.39 is 0 Å². The molecule has 0 bridgehead atoms. The predicted octanol–water partition coefficient (Wildman–Crippen LogP) is 3.24. The maximum absolute atomic E-state index is 5.68. The lowest BCUT2D eigenvalue weighted by molar-refractivity contribution is 0.294. The molecule has 0 aliphatic rings. The molecular weight excluding hydrogens is 226 g/mol. The Labute approximate surface area is 110 Å². The van der Waals surface area contributed by atoms with E-state index in [1.807, 2.05) is 18.2 Å². The fourth-order valence-corrected chi connectivity index (χ4v) is 1.65. The number of hydrogen-bond acceptors (Lipinski definition) is 3. The van der Waals surface area contributed by atoms with E-state index in [0.29, 0.717) is 13.2 Å². The van der Waals surface area contributed by atoms with E-state index in [1.165, 1.54) is 5.57 Å². The first-order chi connectivity index (χ1) is 8.74. The van der Waals surface area contributed by atoms with Gasteiger partial charge in [-0.2, -0.15) is 0 Å². The van der Waals surface area contributed by atoms with Gasteiger partial charge >= 0.3 is 0 Å². The molecule has 0 aliphatic heterocycles. The number of methoxy groups -OCH3 is 1. The van der Waals surface area contributed by atoms with Gasteiger partial charge in [-0.15, -0.1) is 0 Å². The van der Waals surface area contributed by atoms with Crippen LogP contribution < -0.4 is 15.2 Å². The number of hydrogen-bond donors (Lipinski definition) is 1. The molecule has 0 atom stereocenters. The highest BCUT2D eigenvalue weighted by Crippen LogP contribution is 2.29. The monoisotopic (exact) mass is 249 g/mol. The molecule has 18 heavy (non-hydrogen) atoms. The summed E-state index contributed by atoms with van der Waals surface area (Å²) in [7, 11) is 1.65. The third kappa shape index (κ3) is 4.08. The molecule has 0 aromatic heterocycles. The maximum atomic E-state index is 5.68. The lowest BCUT2D eigenvalue weighted by atomic mass is 10.1. The van der Waals surface area contributed by atoms with E-state index in [2.05, 4.69) is 19.9 Å². The largest absolute Gasteiger partial charge is 0.493 e. The predicted molar refractivity (Wildman–Crippen MR) is 76.1 cm³/mol. The van der Waals surface area contributed by atoms with Gasteiger partial charge in [0.2, 0.25) is 0 Å². The molecule has 1 aromatic rings. The SMILES string of the molecule is CCCOc1cc(C=C(CC)CN)ccc1OC. The van der Waals surface area contributed by atoms with Gasteiger partial charge in [0.1, 0.15) is 0 Å². The van der Waals surface area contributed by atoms with Crippen LogP contribution in [0.1, 0.15) is 32.3 Å². The van der Waals surface area contributed by atoms with Gasteiger partial charge in [0.15, 0.2) is 11.5 Å². The van der Waals surface area contributed by atoms with Crippen LogP contribution in [-0.4, -0.2) is 20.3 Å². The van der Waals surface area contributed by atoms with Crippen molar-refractivity contribution < 1.29 is 9.47 Å². The van der Waals surface area contributed by atoms with Crippen molar-refractivity contribution in [3.8, 4) is 11.5 Å². The number of rotatable bonds is 7. The molecule has 0 radical (unpaired) electrons. The Balaban J connectivity index is 2.98. The molecule has 0 unspecified atom stereocenters. The zero-order valence-electron chi connectivity index (χ0n) is 11.5. The third-order valence-corrected chi connectivity index (χ3v) is 2.74. The first kappa shape index (κ1) is 14.6. The summed E-state index contributed by atoms with van der Waals surface area (Å²) in [5.74, 6) is 1.56. The maximum Gasteiger partial charge on any atom is 0.161 e. The quantitative estimate of drug-likeness (QED) is 0.807. The zero-order valence-corrected chi connectivity index (χ0v) is 11.5. The fourth-order valence-electron chi connectivity index (χ4n) is 1.65. The van der Waals surface area contributed by atoms with Crippen molar-refractivity contribution >= 4 is 6.08 Å². The van der Waals surface area contributed by atoms with Gasteiger partial charge in [-0.05, 0) is 30.5 Å². The van der Waals surface area contributed by atoms with Gasteiger partial charge in [0.05, 0.1) is 13.7 Å². The number of ether oxygens (including phenoxy) is 2. The van der Waals surface area contributed by atoms with Crippen molar-refractivity contribution in [2.24, 2.45) is 5.73 Å². The summed E-state index contributed by atoms with van der Waals surface area (Å²) in [5.41, 5.74) is 8.01. The van der Waals surface area contributed by atoms with Gasteiger partial charge in [0.25, 0.3) is 0 Å². The van der Waals surface area contributed by atoms with Crippen molar-refractivity contribution in [2.75, 3.05) is 20.3 Å². The third-order valence-electron chi connectivity index (χ3n) is 2.74. The molecule has 1 rings (SSSR count). The van der Waals surface area contributed by atoms with Gasteiger partial charge in [0, 0.05) is 6.54 Å². The van der Waals surface area contributed by atoms with Crippen molar-refractivity contribution in [3.63, 3.8) is 0 Å². The molecule has 0 amide bonds. The Hall–Kier alpha value is -1.48. The molecule has 0 aliphatic carbocycles. The Morgan fingerprint density at radius 2 is 2.06 bits per heavy atom. The Kier molecular flexibility index (Phi) is 6.29. The van der Waals surface area contributed by atoms with Crippen LogP contribution in [0.3, 0.4) is 0 Å². The topological polar surface area (TPSA) is 44.5 Å². The van der Waals surface area contributed by atoms with Crippen LogP contribution in [0.2, 0.25) is 0 Å². The average Bonchev–Trinajstić information content (AvgIpc) is 2.42. The van der Waals surface area contributed by atoms with Crippen LogP contribution in [0, 0.1) is 0 Å². The van der Waals surface area contributed by atoms with Crippen molar-refractivity contribution in [3.05, 3.63) is 29.3 Å². The number of nitrogens with two attached hydrogens (primary N) is 1. The zero-order chi connectivity index (χ0) is 13.4. The molecule has 100 valence electrons. The number of benzene rings is 1. The Bertz CT molecular complexity index is 393. The van der Waals surface area contributed by atoms with Crippen LogP contribution in [0.4, 0.5) is 0 Å². The second kappa shape index (κ2) is 7.77. The minimum Gasteiger partial charge on any atom is -0.493 e. The molecule has 0 fully saturated rings. The first-order valence-electron chi connectivity index (χ1n) is 6.45. The standard InChI is InChI=1S/C15H23NO2/c1-4-8-18-15-10-13(6-7-14(15)17-3)9-12(5-2)11-16/h6-7,9-10H,4-5,8,11,16H2,1-3H3. The van der Waals surface area contributed by atoms with Gasteiger partial charge in [-0.3, -0.25) is 0 Å². The molecular formula is C15H23NO2. The molecule has 0 saturated carbocycles. The molecule has 0 saturated heterocycles. The Morgan fingerprint density at radius 1 is 1.28 bits per heavy atom. The second-order valence-electron chi connectivity index (χ2n) is 4.12. The highest BCUT2D eigenvalue weighted by atomic mass is 16.5. The summed E-state index contributed by atoms with van der Waals surface area (Å²) in [5, 5.41) is 0. The minimum absolute atomic E-state index is 0.591. The van der Waals surface area contributed by atoms with E-state index in [1.54, 1.807) is 7.11 Å². The van der Waals surface area contributed by atoms with Gasteiger partial charge < -0.3 is 15.2 Å². The summed E-state index contributed by atoms with van der Waals surface area (Å²) >= 11 is 0. The fraction of sp³-hybridized carbons (Fsp3) is 0.467. The van der Waals surface area contributed by atoms with Crippen LogP contribution in [0.15, 0.2) is 23.8 Å². The highest BCUT2D eigenvalue weighted by molar-refractivity contribution is 5.58. The smallest absolute Gasteiger partial charge is 0.161 e. The molecule has 2 N–H and O–H groups in total. The second-order valence-corrected chi connectivity index (χ2v) is 4.12. The van der Waals surface area contributed by atoms with E-state index >= 15 is 0 Å². The van der Waals surface area contributed by atoms with Crippen LogP contribution >= 0.6 is 0 Å². The van der Waals surface area contributed by atoms with Crippen molar-refractivity contribution in [1.29, 1.82) is 0 Å². The normalized spacial score (nSPS) is 11.4. The van der Waals surface area contributed by atoms with E-state index in [-0.39, 0.29) is 0 Å². The summed E-state index contributed by atoms with van der Waals surface area (Å²) in [6.07, 6.45) is 4.05. The van der Waals surface area contributed by atoms with Crippen molar-refractivity contribution in [1.82, 2.24) is 0 Å². The van der Waals surface area contributed by atoms with E-state index in [9.17, 15) is 0 Å². The lowest BCUT2D eigenvalue weighted by Gasteiger charge is -2.11. The van der Waals surface area contributed by atoms with E-state index in [0.717, 1.165) is 29.9 Å². The molecule has 3 heteroatoms. The highest BCUT2D eigenvalue weighted by Gasteiger charge is 2.04. The molecule has 3 nitrogen and oxygen atoms in total. The van der Waals surface area contributed by atoms with E-state index in [4.69, 9.17) is 15.2 Å². The summed E-state index contributed by atoms with van der Waals surface area (Å²) in [6.45, 7) is 5.48. The van der Waals surface area contributed by atoms with Crippen molar-refractivity contribution in [2.45, 2.75) is 26.7 Å². The minimum atomic E-state index is 0.591. The van der Waals surface area contributed by atoms with Gasteiger partial charge in [-0.25, -0.2) is 0 Å². The summed E-state index contributed by atoms with van der Waals surface area (Å²) in [6, 6.07) is 5.95. The summed E-state index contributed by atoms with van der Waals surface area (Å²) in [4.78, 5) is 0. The first-order valence-corrected chi connectivity index (χ1v) is 6.45. The van der Waals surface area contributed by atoms with Gasteiger partial charge in [-0.1, -0.05) is 31.6 Å².